The van der Waals surface area contributed by atoms with Crippen molar-refractivity contribution in [1.29, 1.82) is 0 Å². The van der Waals surface area contributed by atoms with Gasteiger partial charge >= 0.3 is 0 Å². The van der Waals surface area contributed by atoms with E-state index in [2.05, 4.69) is 25.7 Å². The lowest BCUT2D eigenvalue weighted by molar-refractivity contribution is 0.112. The third kappa shape index (κ3) is 4.86. The fourth-order valence-electron chi connectivity index (χ4n) is 2.83. The zero-order chi connectivity index (χ0) is 11.8. The summed E-state index contributed by atoms with van der Waals surface area (Å²) < 4.78 is 0. The van der Waals surface area contributed by atoms with Gasteiger partial charge in [0.2, 0.25) is 0 Å². The lowest BCUT2D eigenvalue weighted by Crippen LogP contribution is -2.42. The highest BCUT2D eigenvalue weighted by Gasteiger charge is 2.23. The Balaban J connectivity index is 2.03. The number of rotatable bonds is 7. The Morgan fingerprint density at radius 1 is 1.00 bits per heavy atom. The molecule has 2 unspecified atom stereocenters. The quantitative estimate of drug-likeness (QED) is 0.578. The van der Waals surface area contributed by atoms with Crippen LogP contribution >= 0.6 is 0 Å². The Labute approximate surface area is 103 Å². The van der Waals surface area contributed by atoms with Crippen molar-refractivity contribution >= 4 is 0 Å². The van der Waals surface area contributed by atoms with Gasteiger partial charge in [0.1, 0.15) is 0 Å². The normalized spacial score (nSPS) is 27.2. The Morgan fingerprint density at radius 3 is 2.44 bits per heavy atom. The summed E-state index contributed by atoms with van der Waals surface area (Å²) in [4.78, 5) is 2.72. The Morgan fingerprint density at radius 2 is 1.69 bits per heavy atom. The highest BCUT2D eigenvalue weighted by molar-refractivity contribution is 4.78. The minimum Gasteiger partial charge on any atom is -0.300 e. The lowest BCUT2D eigenvalue weighted by atomic mass is 9.92. The molecule has 1 nitrogen and oxygen atoms in total. The average Bonchev–Trinajstić information content (AvgIpc) is 2.29. The molecule has 16 heavy (non-hydrogen) atoms. The maximum Gasteiger partial charge on any atom is 0.00925 e. The molecule has 0 spiro atoms. The molecule has 0 aromatic carbocycles. The van der Waals surface area contributed by atoms with Crippen molar-refractivity contribution in [2.45, 2.75) is 78.2 Å². The SMILES string of the molecule is CCCCCCCCN1CCCC(C)C1C. The van der Waals surface area contributed by atoms with Gasteiger partial charge in [-0.25, -0.2) is 0 Å². The summed E-state index contributed by atoms with van der Waals surface area (Å²) in [5, 5.41) is 0. The van der Waals surface area contributed by atoms with Crippen LogP contribution in [0.2, 0.25) is 0 Å². The standard InChI is InChI=1S/C15H31N/c1-4-5-6-7-8-9-12-16-13-10-11-14(2)15(16)3/h14-15H,4-13H2,1-3H3. The fourth-order valence-corrected chi connectivity index (χ4v) is 2.83. The van der Waals surface area contributed by atoms with Crippen molar-refractivity contribution < 1.29 is 0 Å². The minimum absolute atomic E-state index is 0.824. The van der Waals surface area contributed by atoms with Crippen LogP contribution in [0.4, 0.5) is 0 Å². The maximum atomic E-state index is 2.72. The summed E-state index contributed by atoms with van der Waals surface area (Å²) in [6, 6.07) is 0.824. The van der Waals surface area contributed by atoms with Gasteiger partial charge < -0.3 is 4.90 Å². The molecule has 0 bridgehead atoms. The first-order chi connectivity index (χ1) is 7.75. The van der Waals surface area contributed by atoms with Gasteiger partial charge in [-0.2, -0.15) is 0 Å². The van der Waals surface area contributed by atoms with E-state index < -0.39 is 0 Å². The lowest BCUT2D eigenvalue weighted by Gasteiger charge is -2.37. The van der Waals surface area contributed by atoms with E-state index in [1.807, 2.05) is 0 Å². The third-order valence-electron chi connectivity index (χ3n) is 4.30. The second-order valence-electron chi connectivity index (χ2n) is 5.66. The van der Waals surface area contributed by atoms with Crippen molar-refractivity contribution in [3.8, 4) is 0 Å². The predicted molar refractivity (Wildman–Crippen MR) is 72.8 cm³/mol. The molecule has 0 saturated carbocycles. The number of unbranched alkanes of at least 4 members (excludes halogenated alkanes) is 5. The summed E-state index contributed by atoms with van der Waals surface area (Å²) in [5.41, 5.74) is 0. The van der Waals surface area contributed by atoms with Crippen LogP contribution in [0, 0.1) is 5.92 Å². The van der Waals surface area contributed by atoms with Crippen LogP contribution in [-0.4, -0.2) is 24.0 Å². The van der Waals surface area contributed by atoms with Crippen molar-refractivity contribution in [2.75, 3.05) is 13.1 Å². The van der Waals surface area contributed by atoms with Crippen molar-refractivity contribution in [1.82, 2.24) is 4.90 Å². The zero-order valence-electron chi connectivity index (χ0n) is 11.7. The van der Waals surface area contributed by atoms with Crippen LogP contribution in [-0.2, 0) is 0 Å². The minimum atomic E-state index is 0.824. The van der Waals surface area contributed by atoms with Crippen LogP contribution < -0.4 is 0 Å². The molecule has 1 aliphatic rings. The summed E-state index contributed by atoms with van der Waals surface area (Å²) >= 11 is 0. The molecule has 1 heteroatoms. The van der Waals surface area contributed by atoms with Gasteiger partial charge in [-0.05, 0) is 45.2 Å². The molecular formula is C15H31N. The summed E-state index contributed by atoms with van der Waals surface area (Å²) in [5.74, 6) is 0.911. The molecule has 1 rings (SSSR count). The highest BCUT2D eigenvalue weighted by Crippen LogP contribution is 2.23. The first-order valence-electron chi connectivity index (χ1n) is 7.49. The molecule has 0 amide bonds. The molecule has 0 aromatic rings. The molecule has 0 N–H and O–H groups in total. The molecular weight excluding hydrogens is 194 g/mol. The van der Waals surface area contributed by atoms with E-state index in [1.54, 1.807) is 0 Å². The van der Waals surface area contributed by atoms with Gasteiger partial charge in [-0.1, -0.05) is 46.0 Å². The average molecular weight is 225 g/mol. The van der Waals surface area contributed by atoms with Crippen LogP contribution in [0.15, 0.2) is 0 Å². The van der Waals surface area contributed by atoms with Gasteiger partial charge in [0.05, 0.1) is 0 Å². The molecule has 0 aliphatic carbocycles. The fraction of sp³-hybridized carbons (Fsp3) is 1.00. The van der Waals surface area contributed by atoms with Gasteiger partial charge in [-0.3, -0.25) is 0 Å². The maximum absolute atomic E-state index is 2.72. The molecule has 1 aliphatic heterocycles. The van der Waals surface area contributed by atoms with Crippen molar-refractivity contribution in [3.63, 3.8) is 0 Å². The van der Waals surface area contributed by atoms with Gasteiger partial charge in [-0.15, -0.1) is 0 Å². The number of nitrogens with zero attached hydrogens (tertiary/aromatic N) is 1. The van der Waals surface area contributed by atoms with E-state index in [0.29, 0.717) is 0 Å². The molecule has 96 valence electrons. The van der Waals surface area contributed by atoms with Crippen LogP contribution in [0.1, 0.15) is 72.1 Å². The monoisotopic (exact) mass is 225 g/mol. The van der Waals surface area contributed by atoms with Gasteiger partial charge in [0, 0.05) is 6.04 Å². The van der Waals surface area contributed by atoms with E-state index in [4.69, 9.17) is 0 Å². The third-order valence-corrected chi connectivity index (χ3v) is 4.30. The molecule has 1 heterocycles. The van der Waals surface area contributed by atoms with E-state index in [-0.39, 0.29) is 0 Å². The van der Waals surface area contributed by atoms with Gasteiger partial charge in [0.15, 0.2) is 0 Å². The van der Waals surface area contributed by atoms with Crippen molar-refractivity contribution in [3.05, 3.63) is 0 Å². The Bertz CT molecular complexity index is 167. The number of hydrogen-bond acceptors (Lipinski definition) is 1. The summed E-state index contributed by atoms with van der Waals surface area (Å²) in [6.45, 7) is 9.81. The molecule has 0 radical (unpaired) electrons. The van der Waals surface area contributed by atoms with E-state index in [9.17, 15) is 0 Å². The highest BCUT2D eigenvalue weighted by atomic mass is 15.2. The smallest absolute Gasteiger partial charge is 0.00925 e. The largest absolute Gasteiger partial charge is 0.300 e. The first kappa shape index (κ1) is 14.0. The van der Waals surface area contributed by atoms with Crippen molar-refractivity contribution in [2.24, 2.45) is 5.92 Å². The van der Waals surface area contributed by atoms with E-state index >= 15 is 0 Å². The van der Waals surface area contributed by atoms with Crippen LogP contribution in [0.3, 0.4) is 0 Å². The second-order valence-corrected chi connectivity index (χ2v) is 5.66. The van der Waals surface area contributed by atoms with Crippen LogP contribution in [0.25, 0.3) is 0 Å². The first-order valence-corrected chi connectivity index (χ1v) is 7.49. The Kier molecular flexibility index (Phi) is 7.11. The number of likely N-dealkylation sites (tertiary alicyclic amines) is 1. The number of piperidine rings is 1. The van der Waals surface area contributed by atoms with Gasteiger partial charge in [0.25, 0.3) is 0 Å². The van der Waals surface area contributed by atoms with E-state index in [0.717, 1.165) is 12.0 Å². The number of hydrogen-bond donors (Lipinski definition) is 0. The predicted octanol–water partition coefficient (Wildman–Crippen LogP) is 4.47. The summed E-state index contributed by atoms with van der Waals surface area (Å²) in [6.07, 6.45) is 11.4. The zero-order valence-corrected chi connectivity index (χ0v) is 11.7. The van der Waals surface area contributed by atoms with Crippen LogP contribution in [0.5, 0.6) is 0 Å². The molecule has 0 aromatic heterocycles. The van der Waals surface area contributed by atoms with E-state index in [1.165, 1.54) is 64.5 Å². The Hall–Kier alpha value is -0.0400. The molecule has 1 saturated heterocycles. The molecule has 1 fully saturated rings. The second kappa shape index (κ2) is 8.11. The summed E-state index contributed by atoms with van der Waals surface area (Å²) in [7, 11) is 0. The molecule has 2 atom stereocenters. The topological polar surface area (TPSA) is 3.24 Å².